The van der Waals surface area contributed by atoms with Crippen LogP contribution in [0.3, 0.4) is 0 Å². The summed E-state index contributed by atoms with van der Waals surface area (Å²) >= 11 is 0. The van der Waals surface area contributed by atoms with Crippen molar-refractivity contribution in [3.8, 4) is 28.4 Å². The molecule has 3 heteroatoms. The molecule has 0 saturated carbocycles. The van der Waals surface area contributed by atoms with Crippen molar-refractivity contribution in [1.82, 2.24) is 0 Å². The number of phenols is 2. The van der Waals surface area contributed by atoms with Crippen LogP contribution < -0.4 is 4.74 Å². The molecule has 5 rings (SSSR count). The van der Waals surface area contributed by atoms with E-state index in [0.29, 0.717) is 6.61 Å². The first kappa shape index (κ1) is 19.6. The number of rotatable bonds is 5. The van der Waals surface area contributed by atoms with Crippen LogP contribution in [-0.2, 0) is 0 Å². The Bertz CT molecular complexity index is 1040. The number of ether oxygens (including phenoxy) is 1. The molecule has 3 aromatic carbocycles. The van der Waals surface area contributed by atoms with Gasteiger partial charge in [0.1, 0.15) is 17.2 Å². The highest BCUT2D eigenvalue weighted by molar-refractivity contribution is 5.80. The molecule has 0 spiro atoms. The normalized spacial score (nSPS) is 10.9. The molecule has 2 aliphatic carbocycles. The molecule has 3 aromatic rings. The zero-order valence-corrected chi connectivity index (χ0v) is 16.8. The van der Waals surface area contributed by atoms with Crippen LogP contribution in [-0.4, -0.2) is 16.8 Å². The van der Waals surface area contributed by atoms with Gasteiger partial charge >= 0.3 is 0 Å². The van der Waals surface area contributed by atoms with Crippen molar-refractivity contribution in [3.63, 3.8) is 0 Å². The summed E-state index contributed by atoms with van der Waals surface area (Å²) in [4.78, 5) is 0. The first-order chi connectivity index (χ1) is 14.6. The summed E-state index contributed by atoms with van der Waals surface area (Å²) in [5.74, 6) is 1.35. The second-order valence-corrected chi connectivity index (χ2v) is 7.20. The molecule has 0 amide bonds. The maximum atomic E-state index is 9.56. The second kappa shape index (κ2) is 8.75. The van der Waals surface area contributed by atoms with Crippen LogP contribution in [0.4, 0.5) is 0 Å². The SMILES string of the molecule is CCOc1ccc(C(c2ccc(O)cc2)c2ccc(O)cc2)cc1.c1cc2cc-2c1. The molecule has 0 heterocycles. The monoisotopic (exact) mass is 396 g/mol. The minimum atomic E-state index is 0.0156. The van der Waals surface area contributed by atoms with E-state index in [1.165, 1.54) is 11.1 Å². The molecule has 0 unspecified atom stereocenters. The van der Waals surface area contributed by atoms with Gasteiger partial charge in [0.05, 0.1) is 6.61 Å². The minimum absolute atomic E-state index is 0.0156. The van der Waals surface area contributed by atoms with Gasteiger partial charge in [0.15, 0.2) is 0 Å². The van der Waals surface area contributed by atoms with Gasteiger partial charge in [0, 0.05) is 5.92 Å². The van der Waals surface area contributed by atoms with Crippen LogP contribution >= 0.6 is 0 Å². The molecule has 2 aliphatic rings. The largest absolute Gasteiger partial charge is 0.508 e. The molecule has 0 radical (unpaired) electrons. The molecule has 0 bridgehead atoms. The van der Waals surface area contributed by atoms with Gasteiger partial charge in [0.25, 0.3) is 0 Å². The summed E-state index contributed by atoms with van der Waals surface area (Å²) in [6, 6.07) is 31.0. The number of hydrogen-bond donors (Lipinski definition) is 2. The van der Waals surface area contributed by atoms with Crippen molar-refractivity contribution in [2.75, 3.05) is 6.61 Å². The highest BCUT2D eigenvalue weighted by Crippen LogP contribution is 2.34. The average molecular weight is 396 g/mol. The summed E-state index contributed by atoms with van der Waals surface area (Å²) in [6.07, 6.45) is 0. The molecule has 30 heavy (non-hydrogen) atoms. The third-order valence-electron chi connectivity index (χ3n) is 5.09. The van der Waals surface area contributed by atoms with Crippen LogP contribution in [0.15, 0.2) is 97.1 Å². The fourth-order valence-corrected chi connectivity index (χ4v) is 3.51. The fraction of sp³-hybridized carbons (Fsp3) is 0.111. The third-order valence-corrected chi connectivity index (χ3v) is 5.09. The zero-order chi connectivity index (χ0) is 20.9. The van der Waals surface area contributed by atoms with E-state index in [1.54, 1.807) is 24.3 Å². The summed E-state index contributed by atoms with van der Waals surface area (Å²) < 4.78 is 5.52. The zero-order valence-electron chi connectivity index (χ0n) is 16.8. The second-order valence-electron chi connectivity index (χ2n) is 7.20. The highest BCUT2D eigenvalue weighted by atomic mass is 16.5. The minimum Gasteiger partial charge on any atom is -0.508 e. The van der Waals surface area contributed by atoms with Crippen LogP contribution in [0.1, 0.15) is 29.5 Å². The van der Waals surface area contributed by atoms with E-state index < -0.39 is 0 Å². The maximum Gasteiger partial charge on any atom is 0.119 e. The van der Waals surface area contributed by atoms with E-state index in [9.17, 15) is 10.2 Å². The van der Waals surface area contributed by atoms with Gasteiger partial charge in [-0.2, -0.15) is 0 Å². The predicted octanol–water partition coefficient (Wildman–Crippen LogP) is 6.34. The third kappa shape index (κ3) is 4.64. The molecule has 0 fully saturated rings. The van der Waals surface area contributed by atoms with Crippen molar-refractivity contribution in [3.05, 3.63) is 114 Å². The molecule has 150 valence electrons. The molecule has 0 saturated heterocycles. The van der Waals surface area contributed by atoms with Gasteiger partial charge in [-0.1, -0.05) is 54.6 Å². The Morgan fingerprint density at radius 3 is 1.40 bits per heavy atom. The molecular formula is C27H24O3. The number of phenolic OH excluding ortho intramolecular Hbond substituents is 2. The van der Waals surface area contributed by atoms with Crippen LogP contribution in [0.5, 0.6) is 17.2 Å². The van der Waals surface area contributed by atoms with Crippen LogP contribution in [0.2, 0.25) is 0 Å². The molecular weight excluding hydrogens is 372 g/mol. The lowest BCUT2D eigenvalue weighted by Gasteiger charge is -2.19. The lowest BCUT2D eigenvalue weighted by molar-refractivity contribution is 0.340. The summed E-state index contributed by atoms with van der Waals surface area (Å²) in [7, 11) is 0. The van der Waals surface area contributed by atoms with E-state index in [4.69, 9.17) is 4.74 Å². The van der Waals surface area contributed by atoms with Crippen molar-refractivity contribution in [2.24, 2.45) is 0 Å². The van der Waals surface area contributed by atoms with Gasteiger partial charge in [-0.25, -0.2) is 0 Å². The van der Waals surface area contributed by atoms with Crippen molar-refractivity contribution >= 4 is 0 Å². The van der Waals surface area contributed by atoms with E-state index in [-0.39, 0.29) is 17.4 Å². The Hall–Kier alpha value is -3.72. The van der Waals surface area contributed by atoms with Crippen LogP contribution in [0, 0.1) is 0 Å². The van der Waals surface area contributed by atoms with E-state index in [1.807, 2.05) is 43.3 Å². The number of hydrogen-bond acceptors (Lipinski definition) is 3. The molecule has 0 aromatic heterocycles. The topological polar surface area (TPSA) is 49.7 Å². The van der Waals surface area contributed by atoms with Gasteiger partial charge in [-0.3, -0.25) is 0 Å². The predicted molar refractivity (Wildman–Crippen MR) is 120 cm³/mol. The molecule has 2 N–H and O–H groups in total. The summed E-state index contributed by atoms with van der Waals surface area (Å²) in [5, 5.41) is 19.1. The van der Waals surface area contributed by atoms with E-state index in [2.05, 4.69) is 36.4 Å². The fourth-order valence-electron chi connectivity index (χ4n) is 3.51. The van der Waals surface area contributed by atoms with E-state index >= 15 is 0 Å². The Morgan fingerprint density at radius 2 is 1.07 bits per heavy atom. The number of fused-ring (bicyclic) bond motifs is 1. The Kier molecular flexibility index (Phi) is 5.71. The maximum absolute atomic E-state index is 9.56. The van der Waals surface area contributed by atoms with Gasteiger partial charge in [-0.15, -0.1) is 0 Å². The molecule has 3 nitrogen and oxygen atoms in total. The van der Waals surface area contributed by atoms with Crippen molar-refractivity contribution in [2.45, 2.75) is 12.8 Å². The van der Waals surface area contributed by atoms with Gasteiger partial charge < -0.3 is 14.9 Å². The first-order valence-electron chi connectivity index (χ1n) is 10.0. The van der Waals surface area contributed by atoms with Gasteiger partial charge in [0.2, 0.25) is 0 Å². The highest BCUT2D eigenvalue weighted by Gasteiger charge is 2.17. The average Bonchev–Trinajstić information content (AvgIpc) is 3.37. The van der Waals surface area contributed by atoms with Crippen molar-refractivity contribution < 1.29 is 14.9 Å². The Labute approximate surface area is 176 Å². The Morgan fingerprint density at radius 1 is 0.633 bits per heavy atom. The summed E-state index contributed by atoms with van der Waals surface area (Å²) in [6.45, 7) is 2.60. The number of benzene rings is 4. The standard InChI is InChI=1S/C21H20O3.C6H4/c1-2-24-20-13-7-17(8-14-20)21(15-3-9-18(22)10-4-15)16-5-11-19(23)12-6-16;1-2-5-4-6(5)3-1/h3-14,21-23H,2H2,1H3;1-4H. The molecule has 0 atom stereocenters. The number of aromatic hydroxyl groups is 2. The lowest BCUT2D eigenvalue weighted by atomic mass is 9.85. The van der Waals surface area contributed by atoms with Crippen LogP contribution in [0.25, 0.3) is 11.1 Å². The molecule has 0 aliphatic heterocycles. The smallest absolute Gasteiger partial charge is 0.119 e. The van der Waals surface area contributed by atoms with E-state index in [0.717, 1.165) is 22.4 Å². The first-order valence-corrected chi connectivity index (χ1v) is 10.0. The quantitative estimate of drug-likeness (QED) is 0.341. The van der Waals surface area contributed by atoms with Crippen molar-refractivity contribution in [1.29, 1.82) is 0 Å². The summed E-state index contributed by atoms with van der Waals surface area (Å²) in [5.41, 5.74) is 6.12. The lowest BCUT2D eigenvalue weighted by Crippen LogP contribution is -2.03. The Balaban J connectivity index is 0.000000305. The van der Waals surface area contributed by atoms with Gasteiger partial charge in [-0.05, 0) is 77.2 Å².